The zero-order valence-electron chi connectivity index (χ0n) is 14.8. The number of anilines is 1. The quantitative estimate of drug-likeness (QED) is 0.608. The van der Waals surface area contributed by atoms with Gasteiger partial charge in [-0.3, -0.25) is 4.57 Å². The third kappa shape index (κ3) is 2.82. The van der Waals surface area contributed by atoms with E-state index in [-0.39, 0.29) is 6.61 Å². The average Bonchev–Trinajstić information content (AvgIpc) is 3.01. The molecule has 3 aromatic rings. The first-order chi connectivity index (χ1) is 13.0. The highest BCUT2D eigenvalue weighted by Crippen LogP contribution is 2.42. The fraction of sp³-hybridized carbons (Fsp3) is 0.200. The Bertz CT molecular complexity index is 1090. The molecule has 0 saturated carbocycles. The molecule has 0 fully saturated rings. The Balaban J connectivity index is 2.03. The molecule has 0 amide bonds. The summed E-state index contributed by atoms with van der Waals surface area (Å²) in [5, 5.41) is 3.19. The minimum atomic E-state index is -0.572. The van der Waals surface area contributed by atoms with E-state index in [4.69, 9.17) is 4.74 Å². The van der Waals surface area contributed by atoms with Crippen LogP contribution >= 0.6 is 15.9 Å². The second kappa shape index (κ2) is 6.81. The number of allylic oxidation sites excluding steroid dienone is 1. The number of carbonyl (C=O) groups is 1. The molecule has 0 aliphatic carbocycles. The van der Waals surface area contributed by atoms with Gasteiger partial charge >= 0.3 is 5.97 Å². The van der Waals surface area contributed by atoms with Crippen LogP contribution in [-0.2, 0) is 9.53 Å². The number of esters is 1. The summed E-state index contributed by atoms with van der Waals surface area (Å²) in [7, 11) is 0. The van der Waals surface area contributed by atoms with Gasteiger partial charge in [0, 0.05) is 5.70 Å². The molecule has 1 aromatic heterocycles. The summed E-state index contributed by atoms with van der Waals surface area (Å²) < 4.78 is 21.8. The number of rotatable bonds is 3. The second-order valence-electron chi connectivity index (χ2n) is 6.22. The molecule has 7 heteroatoms. The molecule has 27 heavy (non-hydrogen) atoms. The van der Waals surface area contributed by atoms with E-state index in [1.54, 1.807) is 26.0 Å². The Morgan fingerprint density at radius 1 is 1.30 bits per heavy atom. The number of para-hydroxylation sites is 2. The summed E-state index contributed by atoms with van der Waals surface area (Å²) in [5.41, 5.74) is 3.32. The molecule has 1 aliphatic rings. The van der Waals surface area contributed by atoms with Crippen molar-refractivity contribution in [1.82, 2.24) is 9.55 Å². The van der Waals surface area contributed by atoms with Crippen LogP contribution in [0.15, 0.2) is 58.2 Å². The van der Waals surface area contributed by atoms with Gasteiger partial charge in [-0.25, -0.2) is 14.2 Å². The molecular weight excluding hydrogens is 413 g/mol. The number of carbonyl (C=O) groups excluding carboxylic acids is 1. The Hall–Kier alpha value is -2.67. The van der Waals surface area contributed by atoms with Crippen molar-refractivity contribution in [2.45, 2.75) is 19.9 Å². The number of imidazole rings is 1. The predicted octanol–water partition coefficient (Wildman–Crippen LogP) is 4.79. The van der Waals surface area contributed by atoms with Gasteiger partial charge in [-0.15, -0.1) is 0 Å². The van der Waals surface area contributed by atoms with E-state index >= 15 is 0 Å². The van der Waals surface area contributed by atoms with Crippen LogP contribution in [-0.4, -0.2) is 22.1 Å². The van der Waals surface area contributed by atoms with Crippen LogP contribution in [0.5, 0.6) is 0 Å². The van der Waals surface area contributed by atoms with Gasteiger partial charge < -0.3 is 10.1 Å². The molecule has 2 heterocycles. The van der Waals surface area contributed by atoms with E-state index in [1.807, 2.05) is 28.8 Å². The predicted molar refractivity (Wildman–Crippen MR) is 105 cm³/mol. The standard InChI is InChI=1S/C20H17BrFN3O2/c1-3-27-19(26)16-11(2)23-20-24-14-9-4-5-10-15(14)25(20)18(16)12-7-6-8-13(22)17(12)21/h4-10,18H,3H2,1-2H3,(H,23,24). The Morgan fingerprint density at radius 2 is 2.07 bits per heavy atom. The summed E-state index contributed by atoms with van der Waals surface area (Å²) in [6, 6.07) is 11.9. The molecule has 0 spiro atoms. The number of fused-ring (bicyclic) bond motifs is 3. The number of hydrogen-bond acceptors (Lipinski definition) is 4. The van der Waals surface area contributed by atoms with Gasteiger partial charge in [0.2, 0.25) is 5.95 Å². The number of nitrogens with one attached hydrogen (secondary N) is 1. The minimum absolute atomic E-state index is 0.254. The lowest BCUT2D eigenvalue weighted by molar-refractivity contribution is -0.139. The maximum atomic E-state index is 14.3. The minimum Gasteiger partial charge on any atom is -0.463 e. The molecular formula is C20H17BrFN3O2. The number of hydrogen-bond donors (Lipinski definition) is 1. The first-order valence-electron chi connectivity index (χ1n) is 8.58. The van der Waals surface area contributed by atoms with Crippen molar-refractivity contribution in [3.8, 4) is 0 Å². The van der Waals surface area contributed by atoms with Crippen molar-refractivity contribution in [3.05, 3.63) is 69.6 Å². The number of benzene rings is 2. The highest BCUT2D eigenvalue weighted by atomic mass is 79.9. The van der Waals surface area contributed by atoms with Gasteiger partial charge in [-0.1, -0.05) is 24.3 Å². The monoisotopic (exact) mass is 429 g/mol. The van der Waals surface area contributed by atoms with E-state index in [0.717, 1.165) is 11.0 Å². The van der Waals surface area contributed by atoms with E-state index in [1.165, 1.54) is 6.07 Å². The first-order valence-corrected chi connectivity index (χ1v) is 9.38. The second-order valence-corrected chi connectivity index (χ2v) is 7.02. The zero-order chi connectivity index (χ0) is 19.1. The van der Waals surface area contributed by atoms with Gasteiger partial charge in [-0.05, 0) is 53.5 Å². The topological polar surface area (TPSA) is 56.1 Å². The van der Waals surface area contributed by atoms with Crippen LogP contribution in [0.2, 0.25) is 0 Å². The number of ether oxygens (including phenoxy) is 1. The zero-order valence-corrected chi connectivity index (χ0v) is 16.4. The molecule has 1 atom stereocenters. The van der Waals surface area contributed by atoms with E-state index < -0.39 is 17.8 Å². The van der Waals surface area contributed by atoms with Crippen LogP contribution in [0.4, 0.5) is 10.3 Å². The summed E-state index contributed by atoms with van der Waals surface area (Å²) in [4.78, 5) is 17.4. The molecule has 2 aromatic carbocycles. The lowest BCUT2D eigenvalue weighted by Crippen LogP contribution is -2.29. The van der Waals surface area contributed by atoms with Crippen molar-refractivity contribution < 1.29 is 13.9 Å². The maximum Gasteiger partial charge on any atom is 0.338 e. The Morgan fingerprint density at radius 3 is 2.85 bits per heavy atom. The lowest BCUT2D eigenvalue weighted by Gasteiger charge is -2.30. The van der Waals surface area contributed by atoms with Crippen molar-refractivity contribution in [2.75, 3.05) is 11.9 Å². The van der Waals surface area contributed by atoms with Gasteiger partial charge in [0.05, 0.1) is 33.7 Å². The number of nitrogens with zero attached hydrogens (tertiary/aromatic N) is 2. The summed E-state index contributed by atoms with van der Waals surface area (Å²) in [5.74, 6) is -0.229. The smallest absolute Gasteiger partial charge is 0.338 e. The molecule has 138 valence electrons. The van der Waals surface area contributed by atoms with Gasteiger partial charge in [-0.2, -0.15) is 0 Å². The molecule has 1 aliphatic heterocycles. The number of halogens is 2. The molecule has 0 saturated heterocycles. The first kappa shape index (κ1) is 17.7. The highest BCUT2D eigenvalue weighted by Gasteiger charge is 2.36. The summed E-state index contributed by atoms with van der Waals surface area (Å²) >= 11 is 3.35. The van der Waals surface area contributed by atoms with E-state index in [9.17, 15) is 9.18 Å². The molecule has 1 unspecified atom stereocenters. The van der Waals surface area contributed by atoms with Crippen molar-refractivity contribution in [2.24, 2.45) is 0 Å². The fourth-order valence-corrected chi connectivity index (χ4v) is 3.94. The van der Waals surface area contributed by atoms with Crippen LogP contribution < -0.4 is 5.32 Å². The lowest BCUT2D eigenvalue weighted by atomic mass is 9.95. The molecule has 1 N–H and O–H groups in total. The van der Waals surface area contributed by atoms with Crippen LogP contribution in [0.1, 0.15) is 25.5 Å². The van der Waals surface area contributed by atoms with Crippen molar-refractivity contribution in [3.63, 3.8) is 0 Å². The van der Waals surface area contributed by atoms with E-state index in [0.29, 0.717) is 27.3 Å². The van der Waals surface area contributed by atoms with Crippen LogP contribution in [0.3, 0.4) is 0 Å². The molecule has 5 nitrogen and oxygen atoms in total. The maximum absolute atomic E-state index is 14.3. The highest BCUT2D eigenvalue weighted by molar-refractivity contribution is 9.10. The van der Waals surface area contributed by atoms with Gasteiger partial charge in [0.25, 0.3) is 0 Å². The SMILES string of the molecule is CCOC(=O)C1=C(C)Nc2nc3ccccc3n2C1c1cccc(F)c1Br. The summed E-state index contributed by atoms with van der Waals surface area (Å²) in [6.07, 6.45) is 0. The Kier molecular flexibility index (Phi) is 4.47. The summed E-state index contributed by atoms with van der Waals surface area (Å²) in [6.45, 7) is 3.81. The average molecular weight is 430 g/mol. The van der Waals surface area contributed by atoms with Gasteiger partial charge in [0.1, 0.15) is 5.82 Å². The number of aromatic nitrogens is 2. The largest absolute Gasteiger partial charge is 0.463 e. The normalized spacial score (nSPS) is 16.2. The fourth-order valence-electron chi connectivity index (χ4n) is 3.46. The van der Waals surface area contributed by atoms with Crippen LogP contribution in [0, 0.1) is 5.82 Å². The molecule has 0 bridgehead atoms. The Labute approximate surface area is 164 Å². The van der Waals surface area contributed by atoms with Crippen molar-refractivity contribution in [1.29, 1.82) is 0 Å². The van der Waals surface area contributed by atoms with E-state index in [2.05, 4.69) is 26.2 Å². The molecule has 0 radical (unpaired) electrons. The van der Waals surface area contributed by atoms with Crippen molar-refractivity contribution >= 4 is 38.9 Å². The molecule has 4 rings (SSSR count). The third-order valence-corrected chi connectivity index (χ3v) is 5.44. The van der Waals surface area contributed by atoms with Crippen LogP contribution in [0.25, 0.3) is 11.0 Å². The third-order valence-electron chi connectivity index (χ3n) is 4.60. The van der Waals surface area contributed by atoms with Gasteiger partial charge in [0.15, 0.2) is 0 Å².